The molecule has 1 aromatic carbocycles. The molecule has 0 saturated carbocycles. The molecule has 0 bridgehead atoms. The maximum atomic E-state index is 11.8. The van der Waals surface area contributed by atoms with Gasteiger partial charge in [0.2, 0.25) is 5.95 Å². The number of anilines is 2. The van der Waals surface area contributed by atoms with Crippen LogP contribution in [0.4, 0.5) is 16.4 Å². The van der Waals surface area contributed by atoms with Gasteiger partial charge in [-0.25, -0.2) is 14.8 Å². The van der Waals surface area contributed by atoms with Gasteiger partial charge in [-0.2, -0.15) is 0 Å². The number of urea groups is 1. The number of carboxylic acids is 1. The van der Waals surface area contributed by atoms with Gasteiger partial charge in [0, 0.05) is 24.5 Å². The normalized spacial score (nSPS) is 9.90. The molecule has 108 valence electrons. The zero-order chi connectivity index (χ0) is 15.1. The van der Waals surface area contributed by atoms with Crippen molar-refractivity contribution in [2.45, 2.75) is 12.8 Å². The Labute approximate surface area is 121 Å². The molecule has 0 spiro atoms. The smallest absolute Gasteiger partial charge is 0.326 e. The summed E-state index contributed by atoms with van der Waals surface area (Å²) in [6.45, 7) is 0. The average molecular weight is 286 g/mol. The number of benzene rings is 1. The second-order valence-corrected chi connectivity index (χ2v) is 4.25. The van der Waals surface area contributed by atoms with Crippen LogP contribution in [0, 0.1) is 0 Å². The third-order valence-electron chi connectivity index (χ3n) is 2.60. The van der Waals surface area contributed by atoms with Crippen LogP contribution in [-0.4, -0.2) is 27.1 Å². The largest absolute Gasteiger partial charge is 0.481 e. The lowest BCUT2D eigenvalue weighted by molar-refractivity contribution is -0.136. The number of aryl methyl sites for hydroxylation is 1. The molecule has 21 heavy (non-hydrogen) atoms. The number of nitrogens with zero attached hydrogens (tertiary/aromatic N) is 2. The molecular weight excluding hydrogens is 272 g/mol. The van der Waals surface area contributed by atoms with Crippen LogP contribution in [0.15, 0.2) is 42.7 Å². The fourth-order valence-electron chi connectivity index (χ4n) is 1.68. The quantitative estimate of drug-likeness (QED) is 0.781. The van der Waals surface area contributed by atoms with Crippen LogP contribution in [0.5, 0.6) is 0 Å². The van der Waals surface area contributed by atoms with Gasteiger partial charge in [0.05, 0.1) is 0 Å². The molecule has 2 aromatic rings. The summed E-state index contributed by atoms with van der Waals surface area (Å²) in [6.07, 6.45) is 3.51. The molecule has 0 unspecified atom stereocenters. The van der Waals surface area contributed by atoms with E-state index in [1.54, 1.807) is 24.3 Å². The molecule has 0 aliphatic carbocycles. The number of carbonyl (C=O) groups excluding carboxylic acids is 1. The molecule has 1 aromatic heterocycles. The number of hydrogen-bond acceptors (Lipinski definition) is 4. The summed E-state index contributed by atoms with van der Waals surface area (Å²) in [5.74, 6) is -0.649. The molecule has 0 aliphatic heterocycles. The lowest BCUT2D eigenvalue weighted by Gasteiger charge is -2.07. The van der Waals surface area contributed by atoms with Crippen molar-refractivity contribution >= 4 is 23.6 Å². The van der Waals surface area contributed by atoms with E-state index in [9.17, 15) is 9.59 Å². The van der Waals surface area contributed by atoms with Crippen LogP contribution in [0.25, 0.3) is 0 Å². The fourth-order valence-corrected chi connectivity index (χ4v) is 1.68. The summed E-state index contributed by atoms with van der Waals surface area (Å²) < 4.78 is 0. The van der Waals surface area contributed by atoms with E-state index in [0.29, 0.717) is 12.1 Å². The second-order valence-electron chi connectivity index (χ2n) is 4.25. The van der Waals surface area contributed by atoms with Gasteiger partial charge in [0.1, 0.15) is 0 Å². The standard InChI is InChI=1S/C14H14N4O3/c19-12(20)6-5-10-3-1-4-11(9-10)17-14(21)18-13-15-7-2-8-16-13/h1-4,7-9H,5-6H2,(H,19,20)(H2,15,16,17,18,21). The molecule has 2 amide bonds. The molecule has 7 heteroatoms. The molecule has 1 heterocycles. The molecule has 0 aliphatic rings. The zero-order valence-electron chi connectivity index (χ0n) is 11.1. The fraction of sp³-hybridized carbons (Fsp3) is 0.143. The van der Waals surface area contributed by atoms with E-state index >= 15 is 0 Å². The molecule has 7 nitrogen and oxygen atoms in total. The molecule has 0 radical (unpaired) electrons. The van der Waals surface area contributed by atoms with E-state index < -0.39 is 12.0 Å². The number of aromatic nitrogens is 2. The van der Waals surface area contributed by atoms with Gasteiger partial charge < -0.3 is 10.4 Å². The molecular formula is C14H14N4O3. The summed E-state index contributed by atoms with van der Waals surface area (Å²) in [5.41, 5.74) is 1.41. The van der Waals surface area contributed by atoms with Gasteiger partial charge in [-0.05, 0) is 30.2 Å². The van der Waals surface area contributed by atoms with Crippen LogP contribution in [0.2, 0.25) is 0 Å². The number of amides is 2. The highest BCUT2D eigenvalue weighted by molar-refractivity contribution is 5.98. The second kappa shape index (κ2) is 6.99. The number of hydrogen-bond donors (Lipinski definition) is 3. The Balaban J connectivity index is 1.94. The lowest BCUT2D eigenvalue weighted by Crippen LogP contribution is -2.20. The summed E-state index contributed by atoms with van der Waals surface area (Å²) >= 11 is 0. The molecule has 0 fully saturated rings. The maximum absolute atomic E-state index is 11.8. The van der Waals surface area contributed by atoms with E-state index in [-0.39, 0.29) is 12.4 Å². The predicted octanol–water partition coefficient (Wildman–Crippen LogP) is 2.14. The third kappa shape index (κ3) is 4.90. The number of carbonyl (C=O) groups is 2. The maximum Gasteiger partial charge on any atom is 0.326 e. The Hall–Kier alpha value is -2.96. The predicted molar refractivity (Wildman–Crippen MR) is 77.1 cm³/mol. The summed E-state index contributed by atoms with van der Waals surface area (Å²) in [4.78, 5) is 30.1. The summed E-state index contributed by atoms with van der Waals surface area (Å²) in [7, 11) is 0. The monoisotopic (exact) mass is 286 g/mol. The van der Waals surface area contributed by atoms with Crippen molar-refractivity contribution < 1.29 is 14.7 Å². The minimum atomic E-state index is -0.854. The number of rotatable bonds is 5. The van der Waals surface area contributed by atoms with Crippen LogP contribution >= 0.6 is 0 Å². The summed E-state index contributed by atoms with van der Waals surface area (Å²) in [6, 6.07) is 8.20. The van der Waals surface area contributed by atoms with Gasteiger partial charge in [0.15, 0.2) is 0 Å². The van der Waals surface area contributed by atoms with Crippen molar-refractivity contribution in [1.29, 1.82) is 0 Å². The van der Waals surface area contributed by atoms with Gasteiger partial charge >= 0.3 is 12.0 Å². The third-order valence-corrected chi connectivity index (χ3v) is 2.60. The molecule has 3 N–H and O–H groups in total. The topological polar surface area (TPSA) is 104 Å². The molecule has 2 rings (SSSR count). The van der Waals surface area contributed by atoms with Gasteiger partial charge in [-0.3, -0.25) is 10.1 Å². The number of carboxylic acid groups (broad SMARTS) is 1. The molecule has 0 saturated heterocycles. The SMILES string of the molecule is O=C(O)CCc1cccc(NC(=O)Nc2ncccn2)c1. The van der Waals surface area contributed by atoms with Crippen molar-refractivity contribution in [1.82, 2.24) is 9.97 Å². The van der Waals surface area contributed by atoms with E-state index in [0.717, 1.165) is 5.56 Å². The van der Waals surface area contributed by atoms with E-state index in [4.69, 9.17) is 5.11 Å². The highest BCUT2D eigenvalue weighted by Gasteiger charge is 2.05. The Morgan fingerprint density at radius 1 is 1.10 bits per heavy atom. The Morgan fingerprint density at radius 2 is 1.86 bits per heavy atom. The average Bonchev–Trinajstić information content (AvgIpc) is 2.46. The van der Waals surface area contributed by atoms with Crippen molar-refractivity contribution in [3.63, 3.8) is 0 Å². The first-order chi connectivity index (χ1) is 10.1. The Bertz CT molecular complexity index is 631. The zero-order valence-corrected chi connectivity index (χ0v) is 11.1. The number of nitrogens with one attached hydrogen (secondary N) is 2. The highest BCUT2D eigenvalue weighted by atomic mass is 16.4. The Morgan fingerprint density at radius 3 is 2.57 bits per heavy atom. The first-order valence-electron chi connectivity index (χ1n) is 6.29. The van der Waals surface area contributed by atoms with Crippen LogP contribution < -0.4 is 10.6 Å². The Kier molecular flexibility index (Phi) is 4.81. The minimum absolute atomic E-state index is 0.0491. The number of aliphatic carboxylic acids is 1. The van der Waals surface area contributed by atoms with Crippen molar-refractivity contribution in [3.05, 3.63) is 48.3 Å². The molecule has 0 atom stereocenters. The van der Waals surface area contributed by atoms with Gasteiger partial charge in [-0.1, -0.05) is 12.1 Å². The first kappa shape index (κ1) is 14.4. The van der Waals surface area contributed by atoms with E-state index in [1.807, 2.05) is 6.07 Å². The van der Waals surface area contributed by atoms with Crippen LogP contribution in [-0.2, 0) is 11.2 Å². The van der Waals surface area contributed by atoms with Crippen molar-refractivity contribution in [3.8, 4) is 0 Å². The van der Waals surface area contributed by atoms with Gasteiger partial charge in [0.25, 0.3) is 0 Å². The van der Waals surface area contributed by atoms with Gasteiger partial charge in [-0.15, -0.1) is 0 Å². The van der Waals surface area contributed by atoms with Crippen molar-refractivity contribution in [2.24, 2.45) is 0 Å². The van der Waals surface area contributed by atoms with E-state index in [2.05, 4.69) is 20.6 Å². The highest BCUT2D eigenvalue weighted by Crippen LogP contribution is 2.12. The minimum Gasteiger partial charge on any atom is -0.481 e. The summed E-state index contributed by atoms with van der Waals surface area (Å²) in [5, 5.41) is 13.8. The van der Waals surface area contributed by atoms with Crippen LogP contribution in [0.3, 0.4) is 0 Å². The van der Waals surface area contributed by atoms with Crippen LogP contribution in [0.1, 0.15) is 12.0 Å². The van der Waals surface area contributed by atoms with E-state index in [1.165, 1.54) is 12.4 Å². The lowest BCUT2D eigenvalue weighted by atomic mass is 10.1. The first-order valence-corrected chi connectivity index (χ1v) is 6.29. The van der Waals surface area contributed by atoms with Crippen molar-refractivity contribution in [2.75, 3.05) is 10.6 Å².